The van der Waals surface area contributed by atoms with Gasteiger partial charge in [-0.25, -0.2) is 0 Å². The van der Waals surface area contributed by atoms with E-state index in [2.05, 4.69) is 0 Å². The fraction of sp³-hybridized carbons (Fsp3) is 1.00. The fourth-order valence-electron chi connectivity index (χ4n) is 0.688. The van der Waals surface area contributed by atoms with Crippen molar-refractivity contribution in [3.05, 3.63) is 0 Å². The molecule has 0 aliphatic heterocycles. The molecule has 0 radical (unpaired) electrons. The molecule has 0 saturated carbocycles. The summed E-state index contributed by atoms with van der Waals surface area (Å²) in [5, 5.41) is 25.8. The summed E-state index contributed by atoms with van der Waals surface area (Å²) in [5.74, 6) is 0. The lowest BCUT2D eigenvalue weighted by atomic mass is 10.1. The smallest absolute Gasteiger partial charge is 0.0713 e. The third-order valence-electron chi connectivity index (χ3n) is 1.38. The molecule has 0 heterocycles. The molecule has 4 nitrogen and oxygen atoms in total. The molecule has 0 aliphatic rings. The van der Waals surface area contributed by atoms with Gasteiger partial charge >= 0.3 is 0 Å². The number of hydrogen-bond donors (Lipinski definition) is 4. The average Bonchev–Trinajstić information content (AvgIpc) is 1.89. The van der Waals surface area contributed by atoms with Crippen LogP contribution in [0.5, 0.6) is 0 Å². The van der Waals surface area contributed by atoms with Gasteiger partial charge in [0.2, 0.25) is 0 Å². The monoisotopic (exact) mass is 149 g/mol. The Kier molecular flexibility index (Phi) is 5.52. The fourth-order valence-corrected chi connectivity index (χ4v) is 0.688. The molecule has 0 saturated heterocycles. The number of hydrogen-bond acceptors (Lipinski definition) is 4. The lowest BCUT2D eigenvalue weighted by Gasteiger charge is -2.15. The molecule has 0 rings (SSSR count). The van der Waals surface area contributed by atoms with E-state index in [1.807, 2.05) is 0 Å². The first-order valence-corrected chi connectivity index (χ1v) is 3.37. The molecule has 0 aromatic rings. The van der Waals surface area contributed by atoms with Crippen molar-refractivity contribution in [2.45, 2.75) is 25.0 Å². The minimum Gasteiger partial charge on any atom is -0.396 e. The second-order valence-electron chi connectivity index (χ2n) is 2.26. The number of nitrogens with two attached hydrogens (primary N) is 1. The summed E-state index contributed by atoms with van der Waals surface area (Å²) in [4.78, 5) is 0. The minimum atomic E-state index is -0.697. The van der Waals surface area contributed by atoms with Crippen LogP contribution in [0, 0.1) is 0 Å². The lowest BCUT2D eigenvalue weighted by Crippen LogP contribution is -2.35. The largest absolute Gasteiger partial charge is 0.396 e. The molecule has 5 N–H and O–H groups in total. The molecule has 2 unspecified atom stereocenters. The molecular weight excluding hydrogens is 134 g/mol. The highest BCUT2D eigenvalue weighted by Gasteiger charge is 2.12. The molecule has 0 fully saturated rings. The third kappa shape index (κ3) is 3.79. The maximum Gasteiger partial charge on any atom is 0.0713 e. The van der Waals surface area contributed by atoms with Crippen molar-refractivity contribution >= 4 is 0 Å². The van der Waals surface area contributed by atoms with Crippen LogP contribution in [0.25, 0.3) is 0 Å². The topological polar surface area (TPSA) is 86.7 Å². The van der Waals surface area contributed by atoms with Crippen LogP contribution in [0.1, 0.15) is 12.8 Å². The second kappa shape index (κ2) is 5.61. The minimum absolute atomic E-state index is 0.0242. The summed E-state index contributed by atoms with van der Waals surface area (Å²) in [6, 6.07) is -0.419. The van der Waals surface area contributed by atoms with Gasteiger partial charge in [-0.2, -0.15) is 0 Å². The SMILES string of the molecule is NC(CCO)C(O)CCO. The normalized spacial score (nSPS) is 16.8. The summed E-state index contributed by atoms with van der Waals surface area (Å²) in [6.45, 7) is -0.0933. The molecule has 0 bridgehead atoms. The predicted molar refractivity (Wildman–Crippen MR) is 37.4 cm³/mol. The maximum absolute atomic E-state index is 9.05. The molecule has 2 atom stereocenters. The summed E-state index contributed by atoms with van der Waals surface area (Å²) >= 11 is 0. The number of aliphatic hydroxyl groups is 3. The standard InChI is InChI=1S/C6H15NO3/c7-5(1-3-8)6(10)2-4-9/h5-6,8-10H,1-4,7H2. The van der Waals surface area contributed by atoms with Gasteiger partial charge in [0.1, 0.15) is 0 Å². The van der Waals surface area contributed by atoms with Gasteiger partial charge in [-0.05, 0) is 12.8 Å². The first kappa shape index (κ1) is 9.84. The summed E-state index contributed by atoms with van der Waals surface area (Å²) in [5.41, 5.74) is 5.39. The van der Waals surface area contributed by atoms with Gasteiger partial charge in [0.25, 0.3) is 0 Å². The van der Waals surface area contributed by atoms with Gasteiger partial charge < -0.3 is 21.1 Å². The van der Waals surface area contributed by atoms with Crippen LogP contribution in [-0.4, -0.2) is 40.7 Å². The molecule has 10 heavy (non-hydrogen) atoms. The molecule has 0 spiro atoms. The van der Waals surface area contributed by atoms with Gasteiger partial charge in [-0.3, -0.25) is 0 Å². The Morgan fingerprint density at radius 3 is 2.00 bits per heavy atom. The van der Waals surface area contributed by atoms with Crippen LogP contribution < -0.4 is 5.73 Å². The van der Waals surface area contributed by atoms with Crippen molar-refractivity contribution in [1.82, 2.24) is 0 Å². The molecule has 62 valence electrons. The zero-order valence-corrected chi connectivity index (χ0v) is 5.90. The van der Waals surface area contributed by atoms with Gasteiger partial charge in [-0.1, -0.05) is 0 Å². The average molecular weight is 149 g/mol. The van der Waals surface area contributed by atoms with E-state index in [4.69, 9.17) is 21.1 Å². The molecular formula is C6H15NO3. The first-order chi connectivity index (χ1) is 4.72. The van der Waals surface area contributed by atoms with Crippen molar-refractivity contribution in [3.63, 3.8) is 0 Å². The summed E-state index contributed by atoms with van der Waals surface area (Å²) < 4.78 is 0. The van der Waals surface area contributed by atoms with Crippen LogP contribution >= 0.6 is 0 Å². The van der Waals surface area contributed by atoms with Gasteiger partial charge in [0.05, 0.1) is 6.10 Å². The van der Waals surface area contributed by atoms with Crippen molar-refractivity contribution in [3.8, 4) is 0 Å². The maximum atomic E-state index is 9.05. The molecule has 4 heteroatoms. The van der Waals surface area contributed by atoms with E-state index in [0.717, 1.165) is 0 Å². The Balaban J connectivity index is 3.38. The number of rotatable bonds is 5. The van der Waals surface area contributed by atoms with Crippen molar-refractivity contribution < 1.29 is 15.3 Å². The quantitative estimate of drug-likeness (QED) is 0.381. The Labute approximate surface area is 60.3 Å². The van der Waals surface area contributed by atoms with Crippen LogP contribution in [0.4, 0.5) is 0 Å². The predicted octanol–water partition coefficient (Wildman–Crippen LogP) is -1.56. The van der Waals surface area contributed by atoms with E-state index < -0.39 is 12.1 Å². The Morgan fingerprint density at radius 2 is 1.60 bits per heavy atom. The second-order valence-corrected chi connectivity index (χ2v) is 2.26. The van der Waals surface area contributed by atoms with Gasteiger partial charge in [-0.15, -0.1) is 0 Å². The van der Waals surface area contributed by atoms with E-state index in [0.29, 0.717) is 6.42 Å². The molecule has 0 amide bonds. The number of aliphatic hydroxyl groups excluding tert-OH is 3. The van der Waals surface area contributed by atoms with E-state index >= 15 is 0 Å². The van der Waals surface area contributed by atoms with Crippen molar-refractivity contribution in [2.24, 2.45) is 5.73 Å². The van der Waals surface area contributed by atoms with Crippen molar-refractivity contribution in [1.29, 1.82) is 0 Å². The van der Waals surface area contributed by atoms with Gasteiger partial charge in [0, 0.05) is 19.3 Å². The highest BCUT2D eigenvalue weighted by atomic mass is 16.3. The summed E-state index contributed by atoms with van der Waals surface area (Å²) in [7, 11) is 0. The lowest BCUT2D eigenvalue weighted by molar-refractivity contribution is 0.0979. The highest BCUT2D eigenvalue weighted by Crippen LogP contribution is 1.98. The Hall–Kier alpha value is -0.160. The highest BCUT2D eigenvalue weighted by molar-refractivity contribution is 4.70. The summed E-state index contributed by atoms with van der Waals surface area (Å²) in [6.07, 6.45) is -0.0420. The molecule has 0 aliphatic carbocycles. The Bertz CT molecular complexity index is 69.4. The zero-order valence-electron chi connectivity index (χ0n) is 5.90. The van der Waals surface area contributed by atoms with Crippen molar-refractivity contribution in [2.75, 3.05) is 13.2 Å². The van der Waals surface area contributed by atoms with E-state index in [9.17, 15) is 0 Å². The van der Waals surface area contributed by atoms with Gasteiger partial charge in [0.15, 0.2) is 0 Å². The third-order valence-corrected chi connectivity index (χ3v) is 1.38. The van der Waals surface area contributed by atoms with E-state index in [1.54, 1.807) is 0 Å². The molecule has 0 aromatic carbocycles. The zero-order chi connectivity index (χ0) is 7.98. The van der Waals surface area contributed by atoms with Crippen LogP contribution in [0.2, 0.25) is 0 Å². The van der Waals surface area contributed by atoms with Crippen LogP contribution in [-0.2, 0) is 0 Å². The van der Waals surface area contributed by atoms with E-state index in [-0.39, 0.29) is 19.6 Å². The Morgan fingerprint density at radius 1 is 1.10 bits per heavy atom. The van der Waals surface area contributed by atoms with Crippen LogP contribution in [0.3, 0.4) is 0 Å². The molecule has 0 aromatic heterocycles. The van der Waals surface area contributed by atoms with Crippen LogP contribution in [0.15, 0.2) is 0 Å². The first-order valence-electron chi connectivity index (χ1n) is 3.37. The van der Waals surface area contributed by atoms with E-state index in [1.165, 1.54) is 0 Å².